The summed E-state index contributed by atoms with van der Waals surface area (Å²) in [6, 6.07) is 4.15. The van der Waals surface area contributed by atoms with Gasteiger partial charge in [-0.25, -0.2) is 4.98 Å². The monoisotopic (exact) mass is 285 g/mol. The first-order chi connectivity index (χ1) is 9.92. The van der Waals surface area contributed by atoms with Crippen molar-refractivity contribution >= 4 is 11.3 Å². The van der Waals surface area contributed by atoms with Gasteiger partial charge in [0.2, 0.25) is 0 Å². The number of imidazole rings is 1. The van der Waals surface area contributed by atoms with E-state index in [0.29, 0.717) is 0 Å². The highest BCUT2D eigenvalue weighted by molar-refractivity contribution is 7.13. The highest BCUT2D eigenvalue weighted by Crippen LogP contribution is 2.24. The lowest BCUT2D eigenvalue weighted by Gasteiger charge is -2.15. The van der Waals surface area contributed by atoms with E-state index in [0.717, 1.165) is 37.0 Å². The quantitative estimate of drug-likeness (QED) is 0.743. The number of fused-ring (bicyclic) bond motifs is 1. The summed E-state index contributed by atoms with van der Waals surface area (Å²) in [7, 11) is 0. The summed E-state index contributed by atoms with van der Waals surface area (Å²) in [5.41, 5.74) is 0. The second kappa shape index (κ2) is 4.86. The van der Waals surface area contributed by atoms with Crippen molar-refractivity contribution in [3.05, 3.63) is 41.6 Å². The Labute approximate surface area is 120 Å². The molecule has 0 spiro atoms. The molecule has 6 heteroatoms. The Morgan fingerprint density at radius 3 is 3.15 bits per heavy atom. The average Bonchev–Trinajstić information content (AvgIpc) is 3.19. The minimum Gasteiger partial charge on any atom is -0.323 e. The van der Waals surface area contributed by atoms with Gasteiger partial charge < -0.3 is 9.13 Å². The summed E-state index contributed by atoms with van der Waals surface area (Å²) in [5, 5.41) is 10.8. The molecule has 102 valence electrons. The van der Waals surface area contributed by atoms with Crippen LogP contribution in [0.3, 0.4) is 0 Å². The molecule has 1 aliphatic rings. The lowest BCUT2D eigenvalue weighted by atomic mass is 10.2. The van der Waals surface area contributed by atoms with Crippen molar-refractivity contribution in [2.24, 2.45) is 0 Å². The van der Waals surface area contributed by atoms with Gasteiger partial charge in [-0.2, -0.15) is 0 Å². The minimum absolute atomic E-state index is 0.736. The molecular weight excluding hydrogens is 270 g/mol. The zero-order valence-corrected chi connectivity index (χ0v) is 11.9. The fourth-order valence-electron chi connectivity index (χ4n) is 2.71. The Balaban J connectivity index is 1.67. The van der Waals surface area contributed by atoms with Crippen LogP contribution in [-0.4, -0.2) is 24.3 Å². The molecule has 0 N–H and O–H groups in total. The second-order valence-electron chi connectivity index (χ2n) is 5.00. The molecule has 3 aromatic rings. The second-order valence-corrected chi connectivity index (χ2v) is 5.94. The van der Waals surface area contributed by atoms with E-state index >= 15 is 0 Å². The first-order valence-corrected chi connectivity index (χ1v) is 7.76. The maximum Gasteiger partial charge on any atom is 0.153 e. The van der Waals surface area contributed by atoms with Gasteiger partial charge in [0.05, 0.1) is 11.4 Å². The SMILES string of the molecule is c1csc(-c2nccn2Cc2nnc3n2CCCC3)c1. The van der Waals surface area contributed by atoms with Gasteiger partial charge >= 0.3 is 0 Å². The first kappa shape index (κ1) is 11.8. The minimum atomic E-state index is 0.736. The molecule has 0 saturated heterocycles. The molecule has 5 nitrogen and oxygen atoms in total. The number of aryl methyl sites for hydroxylation is 1. The molecule has 0 fully saturated rings. The van der Waals surface area contributed by atoms with Crippen molar-refractivity contribution in [3.8, 4) is 10.7 Å². The third-order valence-electron chi connectivity index (χ3n) is 3.70. The van der Waals surface area contributed by atoms with E-state index in [1.54, 1.807) is 11.3 Å². The van der Waals surface area contributed by atoms with Gasteiger partial charge in [0.15, 0.2) is 5.82 Å². The molecule has 1 aliphatic heterocycles. The number of hydrogen-bond donors (Lipinski definition) is 0. The third-order valence-corrected chi connectivity index (χ3v) is 4.57. The molecule has 0 unspecified atom stereocenters. The van der Waals surface area contributed by atoms with E-state index in [-0.39, 0.29) is 0 Å². The van der Waals surface area contributed by atoms with Gasteiger partial charge in [0.25, 0.3) is 0 Å². The van der Waals surface area contributed by atoms with Gasteiger partial charge in [0, 0.05) is 25.4 Å². The summed E-state index contributed by atoms with van der Waals surface area (Å²) < 4.78 is 4.42. The predicted octanol–water partition coefficient (Wildman–Crippen LogP) is 2.59. The summed E-state index contributed by atoms with van der Waals surface area (Å²) in [4.78, 5) is 5.66. The Morgan fingerprint density at radius 1 is 1.25 bits per heavy atom. The zero-order valence-electron chi connectivity index (χ0n) is 11.1. The fourth-order valence-corrected chi connectivity index (χ4v) is 3.44. The van der Waals surface area contributed by atoms with Gasteiger partial charge in [-0.15, -0.1) is 21.5 Å². The van der Waals surface area contributed by atoms with Crippen LogP contribution in [-0.2, 0) is 19.5 Å². The molecule has 0 aliphatic carbocycles. The van der Waals surface area contributed by atoms with Crippen LogP contribution in [0.5, 0.6) is 0 Å². The van der Waals surface area contributed by atoms with Gasteiger partial charge in [-0.05, 0) is 24.3 Å². The predicted molar refractivity (Wildman–Crippen MR) is 77.6 cm³/mol. The topological polar surface area (TPSA) is 48.5 Å². The van der Waals surface area contributed by atoms with E-state index in [1.807, 2.05) is 12.4 Å². The summed E-state index contributed by atoms with van der Waals surface area (Å²) in [6.45, 7) is 1.78. The lowest BCUT2D eigenvalue weighted by Crippen LogP contribution is -2.15. The van der Waals surface area contributed by atoms with Crippen LogP contribution >= 0.6 is 11.3 Å². The summed E-state index contributed by atoms with van der Waals surface area (Å²) >= 11 is 1.71. The van der Waals surface area contributed by atoms with Crippen LogP contribution in [0.4, 0.5) is 0 Å². The Hall–Kier alpha value is -1.95. The van der Waals surface area contributed by atoms with Crippen LogP contribution in [0, 0.1) is 0 Å². The molecule has 4 rings (SSSR count). The van der Waals surface area contributed by atoms with Gasteiger partial charge in [0.1, 0.15) is 11.6 Å². The molecule has 4 heterocycles. The van der Waals surface area contributed by atoms with Crippen molar-refractivity contribution in [2.45, 2.75) is 32.4 Å². The largest absolute Gasteiger partial charge is 0.323 e. The number of rotatable bonds is 3. The molecule has 0 radical (unpaired) electrons. The Morgan fingerprint density at radius 2 is 2.25 bits per heavy atom. The maximum atomic E-state index is 4.47. The van der Waals surface area contributed by atoms with Crippen molar-refractivity contribution < 1.29 is 0 Å². The van der Waals surface area contributed by atoms with Crippen molar-refractivity contribution in [2.75, 3.05) is 0 Å². The van der Waals surface area contributed by atoms with Crippen molar-refractivity contribution in [1.29, 1.82) is 0 Å². The van der Waals surface area contributed by atoms with Crippen LogP contribution in [0.1, 0.15) is 24.5 Å². The molecule has 20 heavy (non-hydrogen) atoms. The van der Waals surface area contributed by atoms with E-state index in [9.17, 15) is 0 Å². The van der Waals surface area contributed by atoms with E-state index in [2.05, 4.69) is 41.8 Å². The smallest absolute Gasteiger partial charge is 0.153 e. The van der Waals surface area contributed by atoms with E-state index in [4.69, 9.17) is 0 Å². The molecule has 0 amide bonds. The normalized spacial score (nSPS) is 14.4. The van der Waals surface area contributed by atoms with E-state index < -0.39 is 0 Å². The number of aromatic nitrogens is 5. The lowest BCUT2D eigenvalue weighted by molar-refractivity contribution is 0.502. The van der Waals surface area contributed by atoms with Crippen molar-refractivity contribution in [1.82, 2.24) is 24.3 Å². The van der Waals surface area contributed by atoms with Crippen molar-refractivity contribution in [3.63, 3.8) is 0 Å². The Bertz CT molecular complexity index is 710. The number of hydrogen-bond acceptors (Lipinski definition) is 4. The molecule has 0 saturated carbocycles. The molecule has 0 atom stereocenters. The highest BCUT2D eigenvalue weighted by Gasteiger charge is 2.17. The molecular formula is C14H15N5S. The van der Waals surface area contributed by atoms with Gasteiger partial charge in [-0.1, -0.05) is 6.07 Å². The standard InChI is InChI=1S/C14H15N5S/c1-2-7-19-12(5-1)16-17-13(19)10-18-8-6-15-14(18)11-4-3-9-20-11/h3-4,6,8-9H,1-2,5,7,10H2. The Kier molecular flexibility index (Phi) is 2.88. The van der Waals surface area contributed by atoms with Crippen LogP contribution in [0.2, 0.25) is 0 Å². The van der Waals surface area contributed by atoms with Crippen LogP contribution < -0.4 is 0 Å². The molecule has 0 aromatic carbocycles. The highest BCUT2D eigenvalue weighted by atomic mass is 32.1. The van der Waals surface area contributed by atoms with Crippen LogP contribution in [0.15, 0.2) is 29.9 Å². The number of thiophene rings is 1. The first-order valence-electron chi connectivity index (χ1n) is 6.88. The fraction of sp³-hybridized carbons (Fsp3) is 0.357. The maximum absolute atomic E-state index is 4.47. The summed E-state index contributed by atoms with van der Waals surface area (Å²) in [6.07, 6.45) is 7.36. The third kappa shape index (κ3) is 1.96. The molecule has 0 bridgehead atoms. The van der Waals surface area contributed by atoms with E-state index in [1.165, 1.54) is 17.7 Å². The zero-order chi connectivity index (χ0) is 13.4. The van der Waals surface area contributed by atoms with Gasteiger partial charge in [-0.3, -0.25) is 0 Å². The molecule has 3 aromatic heterocycles. The summed E-state index contributed by atoms with van der Waals surface area (Å²) in [5.74, 6) is 3.17. The average molecular weight is 285 g/mol. The number of nitrogens with zero attached hydrogens (tertiary/aromatic N) is 5. The van der Waals surface area contributed by atoms with Crippen LogP contribution in [0.25, 0.3) is 10.7 Å².